The van der Waals surface area contributed by atoms with Crippen molar-refractivity contribution in [1.29, 1.82) is 0 Å². The monoisotopic (exact) mass is 250 g/mol. The highest BCUT2D eigenvalue weighted by atomic mass is 15.1. The van der Waals surface area contributed by atoms with Crippen molar-refractivity contribution in [3.63, 3.8) is 0 Å². The molecule has 1 aromatic rings. The third kappa shape index (κ3) is 5.00. The van der Waals surface area contributed by atoms with Gasteiger partial charge < -0.3 is 10.2 Å². The van der Waals surface area contributed by atoms with Crippen LogP contribution in [0.4, 0.5) is 5.82 Å². The molecule has 1 heterocycles. The highest BCUT2D eigenvalue weighted by molar-refractivity contribution is 5.39. The molecule has 1 unspecified atom stereocenters. The predicted octanol–water partition coefficient (Wildman–Crippen LogP) is 2.71. The van der Waals surface area contributed by atoms with Crippen molar-refractivity contribution in [3.8, 4) is 0 Å². The molecule has 0 fully saturated rings. The maximum Gasteiger partial charge on any atom is 0.147 e. The van der Waals surface area contributed by atoms with Crippen molar-refractivity contribution < 1.29 is 0 Å². The maximum absolute atomic E-state index is 4.31. The van der Waals surface area contributed by atoms with Gasteiger partial charge in [0.25, 0.3) is 0 Å². The number of hydrogen-bond donors (Lipinski definition) is 1. The average molecular weight is 250 g/mol. The second-order valence-electron chi connectivity index (χ2n) is 4.70. The first-order chi connectivity index (χ1) is 8.67. The summed E-state index contributed by atoms with van der Waals surface area (Å²) in [4.78, 5) is 11.0. The van der Waals surface area contributed by atoms with Gasteiger partial charge in [0.1, 0.15) is 5.82 Å². The van der Waals surface area contributed by atoms with Crippen LogP contribution in [-0.4, -0.2) is 40.5 Å². The molecule has 0 saturated heterocycles. The third-order valence-electron chi connectivity index (χ3n) is 3.27. The molecule has 0 saturated carbocycles. The van der Waals surface area contributed by atoms with Crippen molar-refractivity contribution in [3.05, 3.63) is 18.1 Å². The summed E-state index contributed by atoms with van der Waals surface area (Å²) in [7, 11) is 0. The molecule has 0 aliphatic heterocycles. The smallest absolute Gasteiger partial charge is 0.147 e. The zero-order valence-electron chi connectivity index (χ0n) is 12.1. The van der Waals surface area contributed by atoms with E-state index in [0.717, 1.165) is 31.0 Å². The van der Waals surface area contributed by atoms with Crippen molar-refractivity contribution in [2.75, 3.05) is 25.0 Å². The summed E-state index contributed by atoms with van der Waals surface area (Å²) in [6.45, 7) is 12.1. The minimum atomic E-state index is 0.441. The molecule has 0 aromatic carbocycles. The molecule has 102 valence electrons. The number of anilines is 1. The van der Waals surface area contributed by atoms with Gasteiger partial charge in [-0.1, -0.05) is 13.8 Å². The van der Waals surface area contributed by atoms with Crippen LogP contribution < -0.4 is 5.32 Å². The first-order valence-corrected chi connectivity index (χ1v) is 6.93. The lowest BCUT2D eigenvalue weighted by Crippen LogP contribution is -2.26. The summed E-state index contributed by atoms with van der Waals surface area (Å²) in [5.41, 5.74) is 0.966. The van der Waals surface area contributed by atoms with Gasteiger partial charge in [0.05, 0.1) is 5.69 Å². The van der Waals surface area contributed by atoms with Crippen LogP contribution in [0, 0.1) is 6.92 Å². The fraction of sp³-hybridized carbons (Fsp3) is 0.714. The molecule has 0 aliphatic rings. The zero-order chi connectivity index (χ0) is 13.4. The Kier molecular flexibility index (Phi) is 6.65. The first kappa shape index (κ1) is 14.9. The number of nitrogens with one attached hydrogen (secondary N) is 1. The lowest BCUT2D eigenvalue weighted by molar-refractivity contribution is 0.295. The number of rotatable bonds is 8. The second kappa shape index (κ2) is 8.03. The molecule has 0 bridgehead atoms. The topological polar surface area (TPSA) is 41.0 Å². The van der Waals surface area contributed by atoms with E-state index in [9.17, 15) is 0 Å². The van der Waals surface area contributed by atoms with Gasteiger partial charge in [-0.15, -0.1) is 0 Å². The average Bonchev–Trinajstić information content (AvgIpc) is 2.37. The Morgan fingerprint density at radius 3 is 2.50 bits per heavy atom. The van der Waals surface area contributed by atoms with E-state index in [-0.39, 0.29) is 0 Å². The molecule has 1 aromatic heterocycles. The quantitative estimate of drug-likeness (QED) is 0.770. The van der Waals surface area contributed by atoms with E-state index in [4.69, 9.17) is 0 Å². The van der Waals surface area contributed by atoms with E-state index in [1.54, 1.807) is 12.4 Å². The fourth-order valence-corrected chi connectivity index (χ4v) is 2.02. The minimum absolute atomic E-state index is 0.441. The molecule has 0 radical (unpaired) electrons. The molecular weight excluding hydrogens is 224 g/mol. The number of nitrogens with zero attached hydrogens (tertiary/aromatic N) is 3. The standard InChI is InChI=1S/C14H26N4/c1-5-18(6-2)11-7-8-12(3)17-14-13(4)15-9-10-16-14/h9-10,12H,5-8,11H2,1-4H3,(H,16,17). The Hall–Kier alpha value is -1.16. The Balaban J connectivity index is 2.30. The van der Waals surface area contributed by atoms with Crippen LogP contribution in [0.15, 0.2) is 12.4 Å². The molecule has 1 atom stereocenters. The molecule has 4 nitrogen and oxygen atoms in total. The van der Waals surface area contributed by atoms with Crippen LogP contribution in [0.3, 0.4) is 0 Å². The van der Waals surface area contributed by atoms with Gasteiger partial charge >= 0.3 is 0 Å². The summed E-state index contributed by atoms with van der Waals surface area (Å²) in [5, 5.41) is 3.43. The van der Waals surface area contributed by atoms with E-state index in [1.807, 2.05) is 6.92 Å². The van der Waals surface area contributed by atoms with Gasteiger partial charge in [-0.2, -0.15) is 0 Å². The van der Waals surface area contributed by atoms with Crippen molar-refractivity contribution >= 4 is 5.82 Å². The molecular formula is C14H26N4. The van der Waals surface area contributed by atoms with E-state index >= 15 is 0 Å². The molecule has 0 aliphatic carbocycles. The number of hydrogen-bond acceptors (Lipinski definition) is 4. The summed E-state index contributed by atoms with van der Waals surface area (Å²) >= 11 is 0. The Morgan fingerprint density at radius 1 is 1.22 bits per heavy atom. The van der Waals surface area contributed by atoms with E-state index < -0.39 is 0 Å². The molecule has 1 rings (SSSR count). The van der Waals surface area contributed by atoms with Crippen molar-refractivity contribution in [1.82, 2.24) is 14.9 Å². The van der Waals surface area contributed by atoms with Crippen LogP contribution in [0.2, 0.25) is 0 Å². The van der Waals surface area contributed by atoms with Crippen LogP contribution in [0.25, 0.3) is 0 Å². The largest absolute Gasteiger partial charge is 0.366 e. The molecule has 0 amide bonds. The van der Waals surface area contributed by atoms with Gasteiger partial charge in [-0.3, -0.25) is 4.98 Å². The number of aryl methyl sites for hydroxylation is 1. The fourth-order valence-electron chi connectivity index (χ4n) is 2.02. The zero-order valence-corrected chi connectivity index (χ0v) is 12.1. The van der Waals surface area contributed by atoms with Crippen LogP contribution in [-0.2, 0) is 0 Å². The maximum atomic E-state index is 4.31. The van der Waals surface area contributed by atoms with Gasteiger partial charge in [-0.25, -0.2) is 4.98 Å². The molecule has 1 N–H and O–H groups in total. The third-order valence-corrected chi connectivity index (χ3v) is 3.27. The van der Waals surface area contributed by atoms with E-state index in [2.05, 4.69) is 41.0 Å². The Bertz CT molecular complexity index is 336. The lowest BCUT2D eigenvalue weighted by Gasteiger charge is -2.20. The van der Waals surface area contributed by atoms with Gasteiger partial charge in [0, 0.05) is 18.4 Å². The van der Waals surface area contributed by atoms with Gasteiger partial charge in [0.2, 0.25) is 0 Å². The van der Waals surface area contributed by atoms with E-state index in [1.165, 1.54) is 13.0 Å². The normalized spacial score (nSPS) is 12.7. The Labute approximate surface area is 111 Å². The highest BCUT2D eigenvalue weighted by Gasteiger charge is 2.06. The first-order valence-electron chi connectivity index (χ1n) is 6.93. The van der Waals surface area contributed by atoms with Gasteiger partial charge in [-0.05, 0) is 46.3 Å². The van der Waals surface area contributed by atoms with Crippen LogP contribution in [0.5, 0.6) is 0 Å². The summed E-state index contributed by atoms with van der Waals surface area (Å²) in [6, 6.07) is 0.441. The van der Waals surface area contributed by atoms with Crippen molar-refractivity contribution in [2.24, 2.45) is 0 Å². The van der Waals surface area contributed by atoms with Gasteiger partial charge in [0.15, 0.2) is 0 Å². The summed E-state index contributed by atoms with van der Waals surface area (Å²) in [5.74, 6) is 0.910. The predicted molar refractivity (Wildman–Crippen MR) is 76.9 cm³/mol. The van der Waals surface area contributed by atoms with Crippen LogP contribution in [0.1, 0.15) is 39.3 Å². The highest BCUT2D eigenvalue weighted by Crippen LogP contribution is 2.10. The molecule has 18 heavy (non-hydrogen) atoms. The molecule has 4 heteroatoms. The Morgan fingerprint density at radius 2 is 1.89 bits per heavy atom. The SMILES string of the molecule is CCN(CC)CCCC(C)Nc1nccnc1C. The second-order valence-corrected chi connectivity index (χ2v) is 4.70. The van der Waals surface area contributed by atoms with E-state index in [0.29, 0.717) is 6.04 Å². The lowest BCUT2D eigenvalue weighted by atomic mass is 10.1. The number of aromatic nitrogens is 2. The summed E-state index contributed by atoms with van der Waals surface area (Å²) < 4.78 is 0. The molecule has 0 spiro atoms. The summed E-state index contributed by atoms with van der Waals surface area (Å²) in [6.07, 6.45) is 5.84. The van der Waals surface area contributed by atoms with Crippen LogP contribution >= 0.6 is 0 Å². The van der Waals surface area contributed by atoms with Crippen molar-refractivity contribution in [2.45, 2.75) is 46.6 Å². The minimum Gasteiger partial charge on any atom is -0.366 e.